The SMILES string of the molecule is N#Cc1c(-n2c3ccccc3c3cc(-c4nc(-c5ccccc5)nc(-c5ccccc5)n4)ccc32)ccc(-c2cccc(C(F)(F)F)c2)c1-n1c2ccccc2c2cc(-c3nc(-c4ccccc4)nc(-c4ccccc4)n3)ccc21. The van der Waals surface area contributed by atoms with Crippen molar-refractivity contribution in [2.45, 2.75) is 6.18 Å². The third-order valence-corrected chi connectivity index (χ3v) is 14.5. The van der Waals surface area contributed by atoms with Crippen molar-refractivity contribution < 1.29 is 13.2 Å². The monoisotopic (exact) mass is 1040 g/mol. The summed E-state index contributed by atoms with van der Waals surface area (Å²) in [6.45, 7) is 0. The van der Waals surface area contributed by atoms with Crippen molar-refractivity contribution in [3.05, 3.63) is 254 Å². The fourth-order valence-electron chi connectivity index (χ4n) is 10.8. The molecular weight excluding hydrogens is 1000 g/mol. The van der Waals surface area contributed by atoms with Gasteiger partial charge in [-0.1, -0.05) is 176 Å². The molecule has 0 saturated heterocycles. The molecule has 0 saturated carbocycles. The van der Waals surface area contributed by atoms with Crippen LogP contribution in [0.2, 0.25) is 0 Å². The molecule has 9 nitrogen and oxygen atoms in total. The molecule has 12 heteroatoms. The van der Waals surface area contributed by atoms with Crippen LogP contribution in [0.15, 0.2) is 243 Å². The Kier molecular flexibility index (Phi) is 11.5. The number of hydrogen-bond donors (Lipinski definition) is 0. The largest absolute Gasteiger partial charge is 0.416 e. The first-order valence-corrected chi connectivity index (χ1v) is 25.8. The van der Waals surface area contributed by atoms with Crippen molar-refractivity contribution in [2.24, 2.45) is 0 Å². The lowest BCUT2D eigenvalue weighted by Crippen LogP contribution is -2.08. The van der Waals surface area contributed by atoms with E-state index in [0.29, 0.717) is 63.0 Å². The molecule has 0 aliphatic heterocycles. The number of halogens is 3. The molecule has 14 aromatic rings. The summed E-state index contributed by atoms with van der Waals surface area (Å²) in [5.74, 6) is 3.04. The van der Waals surface area contributed by atoms with Crippen LogP contribution in [0, 0.1) is 11.3 Å². The summed E-state index contributed by atoms with van der Waals surface area (Å²) in [5, 5.41) is 15.3. The first-order valence-electron chi connectivity index (χ1n) is 25.8. The summed E-state index contributed by atoms with van der Waals surface area (Å²) in [6.07, 6.45) is -4.62. The number of benzene rings is 10. The molecule has 0 bridgehead atoms. The summed E-state index contributed by atoms with van der Waals surface area (Å²) in [7, 11) is 0. The number of fused-ring (bicyclic) bond motifs is 6. The van der Waals surface area contributed by atoms with Crippen LogP contribution in [0.25, 0.3) is 134 Å². The Balaban J connectivity index is 0.997. The molecule has 0 amide bonds. The molecule has 378 valence electrons. The molecule has 10 aromatic carbocycles. The highest BCUT2D eigenvalue weighted by Crippen LogP contribution is 2.44. The molecule has 80 heavy (non-hydrogen) atoms. The minimum absolute atomic E-state index is 0.244. The molecule has 0 aliphatic rings. The normalized spacial score (nSPS) is 11.7. The summed E-state index contributed by atoms with van der Waals surface area (Å²) in [5.41, 5.74) is 9.00. The number of aromatic nitrogens is 8. The van der Waals surface area contributed by atoms with E-state index in [1.165, 1.54) is 6.07 Å². The average molecular weight is 1040 g/mol. The number of hydrogen-bond acceptors (Lipinski definition) is 7. The van der Waals surface area contributed by atoms with E-state index in [2.05, 4.69) is 16.7 Å². The van der Waals surface area contributed by atoms with Crippen LogP contribution in [0.3, 0.4) is 0 Å². The molecular formula is C68H40F3N9. The zero-order valence-electron chi connectivity index (χ0n) is 42.3. The van der Waals surface area contributed by atoms with Crippen LogP contribution < -0.4 is 0 Å². The van der Waals surface area contributed by atoms with Crippen LogP contribution >= 0.6 is 0 Å². The van der Waals surface area contributed by atoms with Crippen molar-refractivity contribution >= 4 is 43.6 Å². The fourth-order valence-corrected chi connectivity index (χ4v) is 10.8. The van der Waals surface area contributed by atoms with Gasteiger partial charge in [-0.3, -0.25) is 0 Å². The molecule has 0 unspecified atom stereocenters. The lowest BCUT2D eigenvalue weighted by molar-refractivity contribution is -0.137. The molecule has 14 rings (SSSR count). The number of para-hydroxylation sites is 2. The third kappa shape index (κ3) is 8.29. The van der Waals surface area contributed by atoms with Gasteiger partial charge in [0.25, 0.3) is 0 Å². The Hall–Kier alpha value is -10.9. The van der Waals surface area contributed by atoms with Crippen molar-refractivity contribution in [2.75, 3.05) is 0 Å². The van der Waals surface area contributed by atoms with E-state index in [4.69, 9.17) is 29.9 Å². The second kappa shape index (κ2) is 19.3. The maximum atomic E-state index is 14.6. The topological polar surface area (TPSA) is 111 Å². The predicted molar refractivity (Wildman–Crippen MR) is 310 cm³/mol. The van der Waals surface area contributed by atoms with Crippen molar-refractivity contribution in [3.8, 4) is 96.9 Å². The lowest BCUT2D eigenvalue weighted by Gasteiger charge is -2.20. The zero-order valence-corrected chi connectivity index (χ0v) is 42.3. The van der Waals surface area contributed by atoms with E-state index in [0.717, 1.165) is 83.6 Å². The van der Waals surface area contributed by atoms with E-state index in [1.54, 1.807) is 6.07 Å². The standard InChI is InChI=1S/C68H40F3N9/c69-68(70,71)49-27-17-26-46(38-49)50-34-37-60(79-56-30-15-13-28-51(56)53-39-47(32-35-58(53)79)66-75-62(42-18-5-1-6-19-42)73-63(76-66)43-20-7-2-8-21-43)55(41-72)61(50)80-57-31-16-14-29-52(57)54-40-48(33-36-59(54)80)67-77-64(44-22-9-3-10-23-44)74-65(78-67)45-24-11-4-12-25-45/h1-40H. The van der Waals surface area contributed by atoms with Crippen molar-refractivity contribution in [1.82, 2.24) is 39.0 Å². The van der Waals surface area contributed by atoms with Crippen LogP contribution in [0.5, 0.6) is 0 Å². The van der Waals surface area contributed by atoms with Crippen LogP contribution in [-0.2, 0) is 6.18 Å². The molecule has 0 radical (unpaired) electrons. The van der Waals surface area contributed by atoms with Crippen LogP contribution in [0.4, 0.5) is 13.2 Å². The maximum absolute atomic E-state index is 14.6. The van der Waals surface area contributed by atoms with Gasteiger partial charge in [0.05, 0.1) is 39.0 Å². The summed E-state index contributed by atoms with van der Waals surface area (Å²) in [4.78, 5) is 29.9. The molecule has 0 N–H and O–H groups in total. The summed E-state index contributed by atoms with van der Waals surface area (Å²) < 4.78 is 48.0. The highest BCUT2D eigenvalue weighted by Gasteiger charge is 2.32. The van der Waals surface area contributed by atoms with Gasteiger partial charge in [0.15, 0.2) is 34.9 Å². The highest BCUT2D eigenvalue weighted by atomic mass is 19.4. The second-order valence-electron chi connectivity index (χ2n) is 19.3. The van der Waals surface area contributed by atoms with Gasteiger partial charge < -0.3 is 9.13 Å². The van der Waals surface area contributed by atoms with Crippen LogP contribution in [0.1, 0.15) is 11.1 Å². The van der Waals surface area contributed by atoms with Gasteiger partial charge in [-0.25, -0.2) is 29.9 Å². The Morgan fingerprint density at radius 2 is 0.700 bits per heavy atom. The van der Waals surface area contributed by atoms with Gasteiger partial charge in [0, 0.05) is 60.5 Å². The number of nitriles is 1. The fraction of sp³-hybridized carbons (Fsp3) is 0.0147. The Morgan fingerprint density at radius 3 is 1.14 bits per heavy atom. The van der Waals surface area contributed by atoms with Gasteiger partial charge in [-0.15, -0.1) is 0 Å². The molecule has 0 spiro atoms. The maximum Gasteiger partial charge on any atom is 0.416 e. The zero-order chi connectivity index (χ0) is 53.9. The van der Waals surface area contributed by atoms with E-state index < -0.39 is 11.7 Å². The van der Waals surface area contributed by atoms with E-state index in [9.17, 15) is 18.4 Å². The van der Waals surface area contributed by atoms with Gasteiger partial charge in [-0.2, -0.15) is 18.4 Å². The Morgan fingerprint density at radius 1 is 0.325 bits per heavy atom. The smallest absolute Gasteiger partial charge is 0.308 e. The lowest BCUT2D eigenvalue weighted by atomic mass is 9.96. The Bertz CT molecular complexity index is 4650. The van der Waals surface area contributed by atoms with E-state index in [1.807, 2.05) is 217 Å². The number of rotatable bonds is 9. The highest BCUT2D eigenvalue weighted by molar-refractivity contribution is 6.13. The van der Waals surface area contributed by atoms with E-state index >= 15 is 0 Å². The van der Waals surface area contributed by atoms with Gasteiger partial charge in [-0.05, 0) is 72.3 Å². The minimum Gasteiger partial charge on any atom is -0.308 e. The quantitative estimate of drug-likeness (QED) is 0.142. The molecule has 0 atom stereocenters. The predicted octanol–water partition coefficient (Wildman–Crippen LogP) is 16.8. The molecule has 4 aromatic heterocycles. The summed E-state index contributed by atoms with van der Waals surface area (Å²) in [6, 6.07) is 78.5. The summed E-state index contributed by atoms with van der Waals surface area (Å²) >= 11 is 0. The first kappa shape index (κ1) is 47.5. The average Bonchev–Trinajstić information content (AvgIpc) is 4.11. The van der Waals surface area contributed by atoms with Gasteiger partial charge in [0.1, 0.15) is 11.6 Å². The van der Waals surface area contributed by atoms with Gasteiger partial charge in [0.2, 0.25) is 0 Å². The van der Waals surface area contributed by atoms with Crippen molar-refractivity contribution in [1.29, 1.82) is 5.26 Å². The molecule has 0 aliphatic carbocycles. The number of alkyl halides is 3. The third-order valence-electron chi connectivity index (χ3n) is 14.5. The second-order valence-corrected chi connectivity index (χ2v) is 19.3. The first-order chi connectivity index (χ1) is 39.3. The van der Waals surface area contributed by atoms with Gasteiger partial charge >= 0.3 is 6.18 Å². The number of nitrogens with zero attached hydrogens (tertiary/aromatic N) is 9. The van der Waals surface area contributed by atoms with Crippen LogP contribution in [-0.4, -0.2) is 39.0 Å². The van der Waals surface area contributed by atoms with E-state index in [-0.39, 0.29) is 5.56 Å². The molecule has 0 fully saturated rings. The van der Waals surface area contributed by atoms with Crippen molar-refractivity contribution in [3.63, 3.8) is 0 Å². The Labute approximate surface area is 455 Å². The minimum atomic E-state index is -4.62. The molecule has 4 heterocycles.